The molecule has 0 unspecified atom stereocenters. The van der Waals surface area contributed by atoms with Crippen molar-refractivity contribution < 1.29 is 18.0 Å². The highest BCUT2D eigenvalue weighted by Crippen LogP contribution is 2.30. The van der Waals surface area contributed by atoms with Crippen molar-refractivity contribution in [3.8, 4) is 0 Å². The Morgan fingerprint density at radius 3 is 2.60 bits per heavy atom. The first-order chi connectivity index (χ1) is 11.8. The van der Waals surface area contributed by atoms with Crippen LogP contribution in [0.25, 0.3) is 0 Å². The molecule has 8 heteroatoms. The van der Waals surface area contributed by atoms with Gasteiger partial charge in [-0.05, 0) is 43.0 Å². The van der Waals surface area contributed by atoms with Gasteiger partial charge in [-0.15, -0.1) is 0 Å². The van der Waals surface area contributed by atoms with Gasteiger partial charge in [-0.2, -0.15) is 0 Å². The molecule has 0 atom stereocenters. The average Bonchev–Trinajstić information content (AvgIpc) is 3.28. The molecule has 0 saturated heterocycles. The second kappa shape index (κ2) is 6.76. The van der Waals surface area contributed by atoms with Crippen molar-refractivity contribution >= 4 is 27.5 Å². The maximum atomic E-state index is 12.5. The lowest BCUT2D eigenvalue weighted by Crippen LogP contribution is -2.38. The van der Waals surface area contributed by atoms with Crippen LogP contribution >= 0.6 is 0 Å². The summed E-state index contributed by atoms with van der Waals surface area (Å²) >= 11 is 0. The number of hydrogen-bond acceptors (Lipinski definition) is 4. The summed E-state index contributed by atoms with van der Waals surface area (Å²) < 4.78 is 27.5. The zero-order valence-corrected chi connectivity index (χ0v) is 15.3. The molecule has 7 nitrogen and oxygen atoms in total. The summed E-state index contributed by atoms with van der Waals surface area (Å²) in [6.07, 6.45) is 2.63. The van der Waals surface area contributed by atoms with Gasteiger partial charge in [-0.1, -0.05) is 0 Å². The Morgan fingerprint density at radius 2 is 2.00 bits per heavy atom. The monoisotopic (exact) mass is 365 g/mol. The number of carbonyl (C=O) groups excluding carboxylic acids is 2. The summed E-state index contributed by atoms with van der Waals surface area (Å²) in [7, 11) is -3.64. The number of nitrogens with one attached hydrogen (secondary N) is 1. The van der Waals surface area contributed by atoms with E-state index in [1.54, 1.807) is 21.9 Å². The van der Waals surface area contributed by atoms with E-state index in [1.165, 1.54) is 19.9 Å². The molecule has 25 heavy (non-hydrogen) atoms. The molecule has 1 aliphatic carbocycles. The number of nitrogens with zero attached hydrogens (tertiary/aromatic N) is 2. The lowest BCUT2D eigenvalue weighted by molar-refractivity contribution is -0.129. The van der Waals surface area contributed by atoms with Crippen LogP contribution in [-0.4, -0.2) is 50.8 Å². The van der Waals surface area contributed by atoms with Gasteiger partial charge in [-0.3, -0.25) is 9.59 Å². The van der Waals surface area contributed by atoms with Crippen LogP contribution in [0, 0.1) is 0 Å². The highest BCUT2D eigenvalue weighted by atomic mass is 32.2. The summed E-state index contributed by atoms with van der Waals surface area (Å²) in [5.74, 6) is -0.0690. The second-order valence-corrected chi connectivity index (χ2v) is 8.32. The van der Waals surface area contributed by atoms with E-state index in [9.17, 15) is 18.0 Å². The minimum Gasteiger partial charge on any atom is -0.339 e. The maximum absolute atomic E-state index is 12.5. The zero-order chi connectivity index (χ0) is 18.2. The molecular weight excluding hydrogens is 342 g/mol. The Balaban J connectivity index is 1.66. The minimum absolute atomic E-state index is 0.0245. The third-order valence-corrected chi connectivity index (χ3v) is 6.13. The van der Waals surface area contributed by atoms with Crippen molar-refractivity contribution in [3.05, 3.63) is 23.8 Å². The Bertz CT molecular complexity index is 802. The third kappa shape index (κ3) is 3.85. The van der Waals surface area contributed by atoms with E-state index < -0.39 is 10.0 Å². The molecule has 1 aromatic carbocycles. The molecule has 3 rings (SSSR count). The molecule has 0 bridgehead atoms. The number of fused-ring (bicyclic) bond motifs is 1. The van der Waals surface area contributed by atoms with Crippen molar-refractivity contribution in [3.63, 3.8) is 0 Å². The fourth-order valence-corrected chi connectivity index (χ4v) is 4.31. The van der Waals surface area contributed by atoms with Crippen LogP contribution in [0.5, 0.6) is 0 Å². The first-order valence-corrected chi connectivity index (χ1v) is 9.96. The second-order valence-electron chi connectivity index (χ2n) is 6.55. The summed E-state index contributed by atoms with van der Waals surface area (Å²) in [6, 6.07) is 5.10. The standard InChI is InChI=1S/C17H23N3O4S/c1-12(21)19(15-3-4-15)10-8-18-25(23,24)16-5-6-17-14(11-16)7-9-20(17)13(2)22/h5-6,11,15,18H,3-4,7-10H2,1-2H3. The smallest absolute Gasteiger partial charge is 0.240 e. The van der Waals surface area contributed by atoms with Gasteiger partial charge in [0, 0.05) is 45.2 Å². The molecule has 1 fully saturated rings. The van der Waals surface area contributed by atoms with Crippen LogP contribution < -0.4 is 9.62 Å². The van der Waals surface area contributed by atoms with Gasteiger partial charge < -0.3 is 9.80 Å². The predicted octanol–water partition coefficient (Wildman–Crippen LogP) is 0.885. The molecule has 136 valence electrons. The van der Waals surface area contributed by atoms with E-state index in [0.29, 0.717) is 19.5 Å². The van der Waals surface area contributed by atoms with Gasteiger partial charge in [0.1, 0.15) is 0 Å². The van der Waals surface area contributed by atoms with Crippen LogP contribution in [0.1, 0.15) is 32.3 Å². The minimum atomic E-state index is -3.64. The number of carbonyl (C=O) groups is 2. The Hall–Kier alpha value is -1.93. The van der Waals surface area contributed by atoms with E-state index in [4.69, 9.17) is 0 Å². The van der Waals surface area contributed by atoms with Crippen molar-refractivity contribution in [1.29, 1.82) is 0 Å². The molecule has 0 spiro atoms. The van der Waals surface area contributed by atoms with Gasteiger partial charge in [-0.25, -0.2) is 13.1 Å². The summed E-state index contributed by atoms with van der Waals surface area (Å²) in [5.41, 5.74) is 1.64. The lowest BCUT2D eigenvalue weighted by atomic mass is 10.2. The van der Waals surface area contributed by atoms with Gasteiger partial charge >= 0.3 is 0 Å². The maximum Gasteiger partial charge on any atom is 0.240 e. The van der Waals surface area contributed by atoms with Crippen LogP contribution in [0.3, 0.4) is 0 Å². The molecule has 1 N–H and O–H groups in total. The fraction of sp³-hybridized carbons (Fsp3) is 0.529. The van der Waals surface area contributed by atoms with Crippen molar-refractivity contribution in [2.24, 2.45) is 0 Å². The lowest BCUT2D eigenvalue weighted by Gasteiger charge is -2.20. The van der Waals surface area contributed by atoms with Crippen LogP contribution in [-0.2, 0) is 26.0 Å². The van der Waals surface area contributed by atoms with Crippen LogP contribution in [0.4, 0.5) is 5.69 Å². The topological polar surface area (TPSA) is 86.8 Å². The van der Waals surface area contributed by atoms with Crippen molar-refractivity contribution in [2.75, 3.05) is 24.5 Å². The Labute approximate surface area is 148 Å². The number of rotatable bonds is 6. The SMILES string of the molecule is CC(=O)N1CCc2cc(S(=O)(=O)NCCN(C(C)=O)C3CC3)ccc21. The van der Waals surface area contributed by atoms with E-state index in [2.05, 4.69) is 4.72 Å². The van der Waals surface area contributed by atoms with Crippen molar-refractivity contribution in [2.45, 2.75) is 44.0 Å². The molecule has 1 heterocycles. The molecule has 1 aliphatic heterocycles. The van der Waals surface area contributed by atoms with Gasteiger partial charge in [0.25, 0.3) is 0 Å². The van der Waals surface area contributed by atoms with Crippen LogP contribution in [0.2, 0.25) is 0 Å². The molecule has 2 amide bonds. The van der Waals surface area contributed by atoms with E-state index in [1.807, 2.05) is 0 Å². The normalized spacial score (nSPS) is 16.6. The number of amides is 2. The first-order valence-electron chi connectivity index (χ1n) is 8.47. The summed E-state index contributed by atoms with van der Waals surface area (Å²) in [4.78, 5) is 26.7. The average molecular weight is 365 g/mol. The highest BCUT2D eigenvalue weighted by molar-refractivity contribution is 7.89. The fourth-order valence-electron chi connectivity index (χ4n) is 3.24. The zero-order valence-electron chi connectivity index (χ0n) is 14.5. The Morgan fingerprint density at radius 1 is 1.28 bits per heavy atom. The Kier molecular flexibility index (Phi) is 4.83. The molecule has 1 aromatic rings. The largest absolute Gasteiger partial charge is 0.339 e. The van der Waals surface area contributed by atoms with Gasteiger partial charge in [0.2, 0.25) is 21.8 Å². The number of hydrogen-bond donors (Lipinski definition) is 1. The molecule has 0 aromatic heterocycles. The van der Waals surface area contributed by atoms with Crippen LogP contribution in [0.15, 0.2) is 23.1 Å². The van der Waals surface area contributed by atoms with Gasteiger partial charge in [0.15, 0.2) is 0 Å². The quantitative estimate of drug-likeness (QED) is 0.811. The number of anilines is 1. The summed E-state index contributed by atoms with van der Waals surface area (Å²) in [6.45, 7) is 4.16. The van der Waals surface area contributed by atoms with Crippen molar-refractivity contribution in [1.82, 2.24) is 9.62 Å². The highest BCUT2D eigenvalue weighted by Gasteiger charge is 2.31. The molecular formula is C17H23N3O4S. The number of sulfonamides is 1. The first kappa shape index (κ1) is 17.9. The van der Waals surface area contributed by atoms with E-state index in [0.717, 1.165) is 24.1 Å². The third-order valence-electron chi connectivity index (χ3n) is 4.67. The summed E-state index contributed by atoms with van der Waals surface area (Å²) in [5, 5.41) is 0. The number of benzene rings is 1. The van der Waals surface area contributed by atoms with E-state index in [-0.39, 0.29) is 29.3 Å². The van der Waals surface area contributed by atoms with E-state index >= 15 is 0 Å². The van der Waals surface area contributed by atoms with Gasteiger partial charge in [0.05, 0.1) is 4.90 Å². The predicted molar refractivity (Wildman–Crippen MR) is 93.8 cm³/mol. The molecule has 1 saturated carbocycles. The molecule has 0 radical (unpaired) electrons. The molecule has 2 aliphatic rings.